The van der Waals surface area contributed by atoms with Crippen molar-refractivity contribution in [1.29, 1.82) is 5.26 Å². The van der Waals surface area contributed by atoms with Gasteiger partial charge in [0.25, 0.3) is 0 Å². The summed E-state index contributed by atoms with van der Waals surface area (Å²) in [6.07, 6.45) is 0. The molecule has 0 unspecified atom stereocenters. The first-order valence-corrected chi connectivity index (χ1v) is 7.82. The van der Waals surface area contributed by atoms with E-state index < -0.39 is 0 Å². The maximum Gasteiger partial charge on any atom is 0.145 e. The highest BCUT2D eigenvalue weighted by molar-refractivity contribution is 7.19. The van der Waals surface area contributed by atoms with Crippen molar-refractivity contribution in [3.63, 3.8) is 0 Å². The average Bonchev–Trinajstić information content (AvgIpc) is 2.91. The molecule has 0 aliphatic rings. The van der Waals surface area contributed by atoms with Crippen molar-refractivity contribution < 1.29 is 5.11 Å². The molecule has 1 aromatic heterocycles. The monoisotopic (exact) mass is 346 g/mol. The Labute approximate surface area is 140 Å². The highest BCUT2D eigenvalue weighted by Gasteiger charge is 2.17. The van der Waals surface area contributed by atoms with Gasteiger partial charge in [-0.05, 0) is 30.3 Å². The Morgan fingerprint density at radius 2 is 1.95 bits per heavy atom. The fourth-order valence-electron chi connectivity index (χ4n) is 2.00. The predicted octanol–water partition coefficient (Wildman–Crippen LogP) is 5.55. The molecule has 22 heavy (non-hydrogen) atoms. The lowest BCUT2D eigenvalue weighted by atomic mass is 10.1. The van der Waals surface area contributed by atoms with E-state index in [4.69, 9.17) is 23.2 Å². The lowest BCUT2D eigenvalue weighted by molar-refractivity contribution is 0.514. The molecule has 0 atom stereocenters. The van der Waals surface area contributed by atoms with Crippen molar-refractivity contribution in [2.45, 2.75) is 0 Å². The molecular weight excluding hydrogens is 339 g/mol. The average molecular weight is 347 g/mol. The van der Waals surface area contributed by atoms with E-state index in [9.17, 15) is 10.4 Å². The summed E-state index contributed by atoms with van der Waals surface area (Å²) in [5, 5.41) is 21.0. The van der Waals surface area contributed by atoms with Crippen molar-refractivity contribution in [1.82, 2.24) is 4.98 Å². The van der Waals surface area contributed by atoms with Crippen LogP contribution in [0.2, 0.25) is 10.0 Å². The molecule has 1 heterocycles. The van der Waals surface area contributed by atoms with Gasteiger partial charge in [0.05, 0.1) is 15.2 Å². The zero-order chi connectivity index (χ0) is 15.7. The van der Waals surface area contributed by atoms with E-state index in [1.165, 1.54) is 17.4 Å². The lowest BCUT2D eigenvalue weighted by Gasteiger charge is -2.05. The second-order valence-electron chi connectivity index (χ2n) is 4.45. The summed E-state index contributed by atoms with van der Waals surface area (Å²) in [7, 11) is 0. The van der Waals surface area contributed by atoms with Gasteiger partial charge in [0.2, 0.25) is 0 Å². The van der Waals surface area contributed by atoms with Crippen LogP contribution in [0.1, 0.15) is 10.6 Å². The summed E-state index contributed by atoms with van der Waals surface area (Å²) in [6, 6.07) is 14.2. The standard InChI is InChI=1S/C16H8Cl2N2OS/c17-9-5-6-10(12(18)7-9)15(21)11(8-19)16-20-13-3-1-2-4-14(13)22-16/h1-7,21H. The molecule has 2 aromatic carbocycles. The molecule has 3 aromatic rings. The number of para-hydroxylation sites is 1. The Hall–Kier alpha value is -2.06. The first-order chi connectivity index (χ1) is 10.6. The third kappa shape index (κ3) is 2.67. The Kier molecular flexibility index (Phi) is 4.04. The van der Waals surface area contributed by atoms with E-state index >= 15 is 0 Å². The first-order valence-electron chi connectivity index (χ1n) is 6.25. The zero-order valence-corrected chi connectivity index (χ0v) is 13.4. The highest BCUT2D eigenvalue weighted by atomic mass is 35.5. The Morgan fingerprint density at radius 3 is 2.64 bits per heavy atom. The van der Waals surface area contributed by atoms with Crippen LogP contribution in [0, 0.1) is 11.3 Å². The second kappa shape index (κ2) is 5.98. The lowest BCUT2D eigenvalue weighted by Crippen LogP contribution is -1.91. The normalized spacial score (nSPS) is 12.0. The van der Waals surface area contributed by atoms with Crippen molar-refractivity contribution in [2.24, 2.45) is 0 Å². The van der Waals surface area contributed by atoms with E-state index in [2.05, 4.69) is 4.98 Å². The number of rotatable bonds is 2. The van der Waals surface area contributed by atoms with Gasteiger partial charge in [0.1, 0.15) is 22.4 Å². The minimum atomic E-state index is -0.205. The number of thiazole rings is 1. The number of aliphatic hydroxyl groups excluding tert-OH is 1. The molecular formula is C16H8Cl2N2OS. The fraction of sp³-hybridized carbons (Fsp3) is 0. The van der Waals surface area contributed by atoms with Crippen LogP contribution in [0.5, 0.6) is 0 Å². The van der Waals surface area contributed by atoms with E-state index in [1.54, 1.807) is 12.1 Å². The SMILES string of the molecule is N#CC(=C(O)c1ccc(Cl)cc1Cl)c1nc2ccccc2s1. The van der Waals surface area contributed by atoms with Crippen LogP contribution in [0.4, 0.5) is 0 Å². The van der Waals surface area contributed by atoms with Crippen LogP contribution in [0.15, 0.2) is 42.5 Å². The molecule has 1 N–H and O–H groups in total. The Balaban J connectivity index is 2.18. The fourth-order valence-corrected chi connectivity index (χ4v) is 3.46. The molecule has 0 fully saturated rings. The number of aromatic nitrogens is 1. The van der Waals surface area contributed by atoms with Crippen LogP contribution >= 0.6 is 34.5 Å². The largest absolute Gasteiger partial charge is 0.506 e. The molecule has 6 heteroatoms. The van der Waals surface area contributed by atoms with Gasteiger partial charge >= 0.3 is 0 Å². The summed E-state index contributed by atoms with van der Waals surface area (Å²) in [4.78, 5) is 4.39. The topological polar surface area (TPSA) is 56.9 Å². The maximum atomic E-state index is 10.4. The Morgan fingerprint density at radius 1 is 1.18 bits per heavy atom. The van der Waals surface area contributed by atoms with Crippen molar-refractivity contribution in [3.8, 4) is 6.07 Å². The van der Waals surface area contributed by atoms with Crippen LogP contribution in [-0.4, -0.2) is 10.1 Å². The summed E-state index contributed by atoms with van der Waals surface area (Å²) in [6.45, 7) is 0. The quantitative estimate of drug-likeness (QED) is 0.488. The number of fused-ring (bicyclic) bond motifs is 1. The molecule has 0 aliphatic carbocycles. The van der Waals surface area contributed by atoms with Gasteiger partial charge < -0.3 is 5.11 Å². The number of benzene rings is 2. The number of nitrogens with zero attached hydrogens (tertiary/aromatic N) is 2. The van der Waals surface area contributed by atoms with Gasteiger partial charge in [-0.2, -0.15) is 5.26 Å². The van der Waals surface area contributed by atoms with E-state index in [0.717, 1.165) is 10.2 Å². The Bertz CT molecular complexity index is 908. The van der Waals surface area contributed by atoms with Crippen LogP contribution in [-0.2, 0) is 0 Å². The molecule has 0 spiro atoms. The summed E-state index contributed by atoms with van der Waals surface area (Å²) < 4.78 is 0.945. The van der Waals surface area contributed by atoms with Crippen molar-refractivity contribution >= 4 is 56.1 Å². The molecule has 3 nitrogen and oxygen atoms in total. The van der Waals surface area contributed by atoms with Gasteiger partial charge in [-0.15, -0.1) is 11.3 Å². The highest BCUT2D eigenvalue weighted by Crippen LogP contribution is 2.33. The third-order valence-electron chi connectivity index (χ3n) is 3.04. The minimum Gasteiger partial charge on any atom is -0.506 e. The van der Waals surface area contributed by atoms with E-state index in [0.29, 0.717) is 15.6 Å². The van der Waals surface area contributed by atoms with Crippen LogP contribution < -0.4 is 0 Å². The molecule has 0 bridgehead atoms. The number of hydrogen-bond acceptors (Lipinski definition) is 4. The number of allylic oxidation sites excluding steroid dienone is 1. The van der Waals surface area contributed by atoms with Crippen molar-refractivity contribution in [3.05, 3.63) is 63.1 Å². The van der Waals surface area contributed by atoms with Crippen LogP contribution in [0.25, 0.3) is 21.5 Å². The van der Waals surface area contributed by atoms with Gasteiger partial charge in [-0.3, -0.25) is 0 Å². The van der Waals surface area contributed by atoms with Gasteiger partial charge in [-0.25, -0.2) is 4.98 Å². The van der Waals surface area contributed by atoms with Crippen LogP contribution in [0.3, 0.4) is 0 Å². The number of nitriles is 1. The number of aliphatic hydroxyl groups is 1. The maximum absolute atomic E-state index is 10.4. The van der Waals surface area contributed by atoms with Crippen molar-refractivity contribution in [2.75, 3.05) is 0 Å². The number of hydrogen-bond donors (Lipinski definition) is 1. The smallest absolute Gasteiger partial charge is 0.145 e. The third-order valence-corrected chi connectivity index (χ3v) is 4.64. The van der Waals surface area contributed by atoms with Gasteiger partial charge in [-0.1, -0.05) is 35.3 Å². The summed E-state index contributed by atoms with van der Waals surface area (Å²) in [5.41, 5.74) is 1.22. The summed E-state index contributed by atoms with van der Waals surface area (Å²) >= 11 is 13.3. The molecule has 3 rings (SSSR count). The zero-order valence-electron chi connectivity index (χ0n) is 11.0. The molecule has 0 aliphatic heterocycles. The predicted molar refractivity (Wildman–Crippen MR) is 91.1 cm³/mol. The molecule has 0 saturated heterocycles. The molecule has 0 radical (unpaired) electrons. The van der Waals surface area contributed by atoms with E-state index in [-0.39, 0.29) is 16.4 Å². The van der Waals surface area contributed by atoms with Gasteiger partial charge in [0, 0.05) is 10.6 Å². The summed E-state index contributed by atoms with van der Waals surface area (Å²) in [5.74, 6) is -0.205. The first kappa shape index (κ1) is 14.9. The minimum absolute atomic E-state index is 0.0884. The van der Waals surface area contributed by atoms with E-state index in [1.807, 2.05) is 30.3 Å². The second-order valence-corrected chi connectivity index (χ2v) is 6.32. The molecule has 0 amide bonds. The molecule has 108 valence electrons. The molecule has 0 saturated carbocycles. The van der Waals surface area contributed by atoms with Gasteiger partial charge in [0.15, 0.2) is 0 Å². The number of halogens is 2.